The van der Waals surface area contributed by atoms with Crippen LogP contribution in [0.1, 0.15) is 31.7 Å². The first-order valence-electron chi connectivity index (χ1n) is 7.67. The number of benzene rings is 1. The third-order valence-electron chi connectivity index (χ3n) is 4.41. The summed E-state index contributed by atoms with van der Waals surface area (Å²) in [6.07, 6.45) is 4.07. The molecule has 1 aliphatic carbocycles. The van der Waals surface area contributed by atoms with Crippen molar-refractivity contribution in [3.63, 3.8) is 0 Å². The summed E-state index contributed by atoms with van der Waals surface area (Å²) in [5.74, 6) is 0. The van der Waals surface area contributed by atoms with Gasteiger partial charge < -0.3 is 15.0 Å². The van der Waals surface area contributed by atoms with Crippen LogP contribution in [-0.2, 0) is 11.3 Å². The van der Waals surface area contributed by atoms with Crippen LogP contribution < -0.4 is 10.2 Å². The van der Waals surface area contributed by atoms with Crippen molar-refractivity contribution in [2.24, 2.45) is 0 Å². The first kappa shape index (κ1) is 14.2. The van der Waals surface area contributed by atoms with Gasteiger partial charge in [0.25, 0.3) is 0 Å². The normalized spacial score (nSPS) is 25.8. The highest BCUT2D eigenvalue weighted by atomic mass is 35.5. The molecule has 4 heteroatoms. The average Bonchev–Trinajstić information content (AvgIpc) is 2.94. The number of morpholine rings is 1. The molecule has 3 rings (SSSR count). The molecule has 1 heterocycles. The minimum Gasteiger partial charge on any atom is -0.374 e. The number of nitrogens with zero attached hydrogens (tertiary/aromatic N) is 1. The van der Waals surface area contributed by atoms with E-state index in [9.17, 15) is 0 Å². The summed E-state index contributed by atoms with van der Waals surface area (Å²) in [5, 5.41) is 4.28. The minimum absolute atomic E-state index is 0.395. The van der Waals surface area contributed by atoms with Crippen LogP contribution in [0.15, 0.2) is 18.2 Å². The van der Waals surface area contributed by atoms with Crippen molar-refractivity contribution < 1.29 is 4.74 Å². The van der Waals surface area contributed by atoms with Crippen LogP contribution in [-0.4, -0.2) is 31.8 Å². The molecule has 20 heavy (non-hydrogen) atoms. The van der Waals surface area contributed by atoms with E-state index in [1.54, 1.807) is 0 Å². The van der Waals surface area contributed by atoms with E-state index in [2.05, 4.69) is 23.2 Å². The quantitative estimate of drug-likeness (QED) is 0.923. The zero-order chi connectivity index (χ0) is 13.9. The molecule has 1 saturated heterocycles. The SMILES string of the molecule is CCNCc1cccc(Cl)c1N1CCOC2CCCC21. The number of hydrogen-bond acceptors (Lipinski definition) is 3. The van der Waals surface area contributed by atoms with Gasteiger partial charge in [0.05, 0.1) is 29.5 Å². The maximum atomic E-state index is 6.52. The molecule has 0 bridgehead atoms. The molecule has 0 spiro atoms. The number of hydrogen-bond donors (Lipinski definition) is 1. The van der Waals surface area contributed by atoms with E-state index >= 15 is 0 Å². The van der Waals surface area contributed by atoms with E-state index < -0.39 is 0 Å². The van der Waals surface area contributed by atoms with Crippen molar-refractivity contribution in [1.29, 1.82) is 0 Å². The molecule has 2 aliphatic rings. The highest BCUT2D eigenvalue weighted by Crippen LogP contribution is 2.38. The van der Waals surface area contributed by atoms with Gasteiger partial charge in [0.1, 0.15) is 0 Å². The van der Waals surface area contributed by atoms with Crippen LogP contribution >= 0.6 is 11.6 Å². The zero-order valence-electron chi connectivity index (χ0n) is 12.1. The van der Waals surface area contributed by atoms with Crippen LogP contribution in [0.3, 0.4) is 0 Å². The van der Waals surface area contributed by atoms with Gasteiger partial charge in [-0.25, -0.2) is 0 Å². The Morgan fingerprint density at radius 2 is 2.30 bits per heavy atom. The van der Waals surface area contributed by atoms with E-state index in [0.29, 0.717) is 12.1 Å². The van der Waals surface area contributed by atoms with Crippen molar-refractivity contribution in [1.82, 2.24) is 5.32 Å². The van der Waals surface area contributed by atoms with Gasteiger partial charge in [0.15, 0.2) is 0 Å². The van der Waals surface area contributed by atoms with Crippen LogP contribution in [0.5, 0.6) is 0 Å². The lowest BCUT2D eigenvalue weighted by molar-refractivity contribution is 0.0256. The van der Waals surface area contributed by atoms with Crippen molar-refractivity contribution in [2.45, 2.75) is 44.9 Å². The Labute approximate surface area is 126 Å². The van der Waals surface area contributed by atoms with Crippen LogP contribution in [0.25, 0.3) is 0 Å². The molecule has 3 nitrogen and oxygen atoms in total. The van der Waals surface area contributed by atoms with Crippen molar-refractivity contribution in [3.8, 4) is 0 Å². The maximum absolute atomic E-state index is 6.52. The number of fused-ring (bicyclic) bond motifs is 1. The largest absolute Gasteiger partial charge is 0.374 e. The molecule has 2 fully saturated rings. The molecular formula is C16H23ClN2O. The molecular weight excluding hydrogens is 272 g/mol. The van der Waals surface area contributed by atoms with Crippen LogP contribution in [0.4, 0.5) is 5.69 Å². The Hall–Kier alpha value is -0.770. The van der Waals surface area contributed by atoms with E-state index in [4.69, 9.17) is 16.3 Å². The lowest BCUT2D eigenvalue weighted by atomic mass is 10.1. The van der Waals surface area contributed by atoms with E-state index in [0.717, 1.165) is 31.3 Å². The van der Waals surface area contributed by atoms with Gasteiger partial charge >= 0.3 is 0 Å². The number of nitrogens with one attached hydrogen (secondary N) is 1. The fraction of sp³-hybridized carbons (Fsp3) is 0.625. The minimum atomic E-state index is 0.395. The number of para-hydroxylation sites is 1. The molecule has 1 saturated carbocycles. The number of anilines is 1. The predicted molar refractivity (Wildman–Crippen MR) is 83.6 cm³/mol. The summed E-state index contributed by atoms with van der Waals surface area (Å²) < 4.78 is 5.91. The Bertz CT molecular complexity index is 466. The third-order valence-corrected chi connectivity index (χ3v) is 4.71. The molecule has 110 valence electrons. The second-order valence-corrected chi connectivity index (χ2v) is 6.04. The summed E-state index contributed by atoms with van der Waals surface area (Å²) >= 11 is 6.52. The van der Waals surface area contributed by atoms with E-state index in [1.807, 2.05) is 12.1 Å². The lowest BCUT2D eigenvalue weighted by Gasteiger charge is -2.40. The monoisotopic (exact) mass is 294 g/mol. The maximum Gasteiger partial charge on any atom is 0.0779 e. The van der Waals surface area contributed by atoms with Crippen molar-refractivity contribution >= 4 is 17.3 Å². The molecule has 2 atom stereocenters. The topological polar surface area (TPSA) is 24.5 Å². The molecule has 2 unspecified atom stereocenters. The number of rotatable bonds is 4. The summed E-state index contributed by atoms with van der Waals surface area (Å²) in [4.78, 5) is 2.50. The van der Waals surface area contributed by atoms with Gasteiger partial charge in [0.2, 0.25) is 0 Å². The molecule has 0 aromatic heterocycles. The standard InChI is InChI=1S/C16H23ClN2O/c1-2-18-11-12-5-3-6-13(17)16(12)19-9-10-20-15-8-4-7-14(15)19/h3,5-6,14-15,18H,2,4,7-11H2,1H3. The highest BCUT2D eigenvalue weighted by Gasteiger charge is 2.37. The van der Waals surface area contributed by atoms with Crippen LogP contribution in [0.2, 0.25) is 5.02 Å². The Morgan fingerprint density at radius 1 is 1.40 bits per heavy atom. The average molecular weight is 295 g/mol. The van der Waals surface area contributed by atoms with E-state index in [1.165, 1.54) is 30.5 Å². The van der Waals surface area contributed by atoms with Gasteiger partial charge in [-0.1, -0.05) is 30.7 Å². The van der Waals surface area contributed by atoms with Gasteiger partial charge in [-0.15, -0.1) is 0 Å². The predicted octanol–water partition coefficient (Wildman–Crippen LogP) is 3.21. The molecule has 1 aliphatic heterocycles. The molecule has 0 amide bonds. The van der Waals surface area contributed by atoms with E-state index in [-0.39, 0.29) is 0 Å². The number of ether oxygens (including phenoxy) is 1. The first-order valence-corrected chi connectivity index (χ1v) is 8.05. The third kappa shape index (κ3) is 2.67. The van der Waals surface area contributed by atoms with Crippen molar-refractivity contribution in [2.75, 3.05) is 24.6 Å². The fourth-order valence-electron chi connectivity index (χ4n) is 3.49. The fourth-order valence-corrected chi connectivity index (χ4v) is 3.79. The number of halogens is 1. The summed E-state index contributed by atoms with van der Waals surface area (Å²) in [7, 11) is 0. The zero-order valence-corrected chi connectivity index (χ0v) is 12.8. The van der Waals surface area contributed by atoms with Crippen LogP contribution in [0, 0.1) is 0 Å². The molecule has 0 radical (unpaired) electrons. The highest BCUT2D eigenvalue weighted by molar-refractivity contribution is 6.33. The Morgan fingerprint density at radius 3 is 3.15 bits per heavy atom. The smallest absolute Gasteiger partial charge is 0.0779 e. The van der Waals surface area contributed by atoms with Gasteiger partial charge in [-0.3, -0.25) is 0 Å². The Kier molecular flexibility index (Phi) is 4.49. The van der Waals surface area contributed by atoms with Crippen molar-refractivity contribution in [3.05, 3.63) is 28.8 Å². The summed E-state index contributed by atoms with van der Waals surface area (Å²) in [6.45, 7) is 5.74. The Balaban J connectivity index is 1.91. The first-order chi connectivity index (χ1) is 9.81. The second kappa shape index (κ2) is 6.33. The summed E-state index contributed by atoms with van der Waals surface area (Å²) in [6, 6.07) is 6.74. The molecule has 1 N–H and O–H groups in total. The van der Waals surface area contributed by atoms with Gasteiger partial charge in [-0.2, -0.15) is 0 Å². The lowest BCUT2D eigenvalue weighted by Crippen LogP contribution is -2.49. The van der Waals surface area contributed by atoms with Gasteiger partial charge in [0, 0.05) is 13.1 Å². The molecule has 1 aromatic rings. The second-order valence-electron chi connectivity index (χ2n) is 5.63. The summed E-state index contributed by atoms with van der Waals surface area (Å²) in [5.41, 5.74) is 2.52. The van der Waals surface area contributed by atoms with Gasteiger partial charge in [-0.05, 0) is 37.4 Å². The molecule has 1 aromatic carbocycles.